The van der Waals surface area contributed by atoms with Gasteiger partial charge in [-0.3, -0.25) is 0 Å². The zero-order valence-electron chi connectivity index (χ0n) is 11.6. The summed E-state index contributed by atoms with van der Waals surface area (Å²) >= 11 is 9.31. The molecule has 0 aromatic heterocycles. The molecule has 4 N–H and O–H groups in total. The number of phenolic OH excluding ortho intramolecular Hbond substituents is 2. The van der Waals surface area contributed by atoms with E-state index in [9.17, 15) is 9.59 Å². The molecule has 0 spiro atoms. The monoisotopic (exact) mass is 402 g/mol. The summed E-state index contributed by atoms with van der Waals surface area (Å²) in [4.78, 5) is 21.2. The fourth-order valence-corrected chi connectivity index (χ4v) is 1.55. The van der Waals surface area contributed by atoms with Crippen molar-refractivity contribution < 1.29 is 49.5 Å². The summed E-state index contributed by atoms with van der Waals surface area (Å²) in [5.74, 6) is -2.48. The van der Waals surface area contributed by atoms with Crippen molar-refractivity contribution in [1.82, 2.24) is 0 Å². The fourth-order valence-electron chi connectivity index (χ4n) is 1.30. The number of hydrogen-bond acceptors (Lipinski definition) is 6. The van der Waals surface area contributed by atoms with Gasteiger partial charge in [0.2, 0.25) is 0 Å². The van der Waals surface area contributed by atoms with E-state index in [0.717, 1.165) is 12.1 Å². The maximum atomic E-state index is 10.3. The summed E-state index contributed by atoms with van der Waals surface area (Å²) in [6.45, 7) is 0. The first-order chi connectivity index (χ1) is 10.2. The first kappa shape index (κ1) is 21.0. The van der Waals surface area contributed by atoms with Crippen molar-refractivity contribution in [3.05, 3.63) is 47.5 Å². The molecule has 9 heteroatoms. The van der Waals surface area contributed by atoms with E-state index < -0.39 is 11.9 Å². The van der Waals surface area contributed by atoms with Gasteiger partial charge in [0.15, 0.2) is 0 Å². The van der Waals surface area contributed by atoms with E-state index in [4.69, 9.17) is 20.4 Å². The third-order valence-electron chi connectivity index (χ3n) is 2.41. The van der Waals surface area contributed by atoms with E-state index in [-0.39, 0.29) is 51.9 Å². The standard InChI is InChI=1S/2C7H6O3S.Zn/c2*8-5-3-4(7(9)10)1-2-6(5)11;/h2*1-3,8,11H,(H,9,10);/q;;+2/p-2. The van der Waals surface area contributed by atoms with E-state index in [2.05, 4.69) is 25.3 Å². The van der Waals surface area contributed by atoms with E-state index >= 15 is 0 Å². The zero-order valence-corrected chi connectivity index (χ0v) is 16.2. The van der Waals surface area contributed by atoms with Crippen molar-refractivity contribution in [3.8, 4) is 11.5 Å². The Morgan fingerprint density at radius 3 is 1.26 bits per heavy atom. The van der Waals surface area contributed by atoms with Gasteiger partial charge in [-0.1, -0.05) is 12.1 Å². The second-order valence-electron chi connectivity index (χ2n) is 3.98. The van der Waals surface area contributed by atoms with Gasteiger partial charge in [-0.2, -0.15) is 0 Å². The van der Waals surface area contributed by atoms with Gasteiger partial charge in [0.1, 0.15) is 0 Å². The smallest absolute Gasteiger partial charge is 0.776 e. The summed E-state index contributed by atoms with van der Waals surface area (Å²) in [7, 11) is 0. The van der Waals surface area contributed by atoms with Crippen molar-refractivity contribution in [2.75, 3.05) is 0 Å². The second-order valence-corrected chi connectivity index (χ2v) is 4.85. The van der Waals surface area contributed by atoms with Crippen LogP contribution < -0.4 is 0 Å². The van der Waals surface area contributed by atoms with Crippen LogP contribution in [-0.2, 0) is 44.7 Å². The van der Waals surface area contributed by atoms with Crippen LogP contribution in [0.25, 0.3) is 0 Å². The van der Waals surface area contributed by atoms with Gasteiger partial charge < -0.3 is 45.7 Å². The minimum absolute atomic E-state index is 0. The van der Waals surface area contributed by atoms with Crippen molar-refractivity contribution >= 4 is 37.2 Å². The average Bonchev–Trinajstić information content (AvgIpc) is 2.45. The van der Waals surface area contributed by atoms with Gasteiger partial charge >= 0.3 is 31.4 Å². The topological polar surface area (TPSA) is 115 Å². The molecule has 0 saturated carbocycles. The summed E-state index contributed by atoms with van der Waals surface area (Å²) in [6, 6.07) is 7.73. The number of carboxylic acid groups (broad SMARTS) is 2. The van der Waals surface area contributed by atoms with Crippen LogP contribution in [0.1, 0.15) is 20.7 Å². The number of carbonyl (C=O) groups is 2. The largest absolute Gasteiger partial charge is 2.00 e. The quantitative estimate of drug-likeness (QED) is 0.444. The molecule has 0 aliphatic carbocycles. The molecule has 0 radical (unpaired) electrons. The summed E-state index contributed by atoms with van der Waals surface area (Å²) in [6.07, 6.45) is 0. The number of hydrogen-bond donors (Lipinski definition) is 4. The minimum Gasteiger partial charge on any atom is -0.776 e. The normalized spacial score (nSPS) is 9.04. The molecule has 0 aliphatic rings. The Morgan fingerprint density at radius 1 is 0.739 bits per heavy atom. The molecule has 0 saturated heterocycles. The molecular formula is C14H10O6S2Zn. The zero-order chi connectivity index (χ0) is 16.9. The molecule has 116 valence electrons. The maximum absolute atomic E-state index is 10.3. The second kappa shape index (κ2) is 9.24. The number of carboxylic acids is 2. The molecule has 0 unspecified atom stereocenters. The van der Waals surface area contributed by atoms with Crippen LogP contribution in [0.5, 0.6) is 11.5 Å². The van der Waals surface area contributed by atoms with Gasteiger partial charge in [-0.25, -0.2) is 9.59 Å². The first-order valence-corrected chi connectivity index (χ1v) is 6.50. The molecule has 0 fully saturated rings. The molecule has 0 heterocycles. The molecule has 23 heavy (non-hydrogen) atoms. The van der Waals surface area contributed by atoms with E-state index in [1.165, 1.54) is 24.3 Å². The van der Waals surface area contributed by atoms with Crippen LogP contribution in [0.4, 0.5) is 0 Å². The van der Waals surface area contributed by atoms with Gasteiger partial charge in [-0.05, 0) is 24.3 Å². The number of aromatic hydroxyl groups is 2. The number of aromatic carboxylic acids is 2. The molecule has 0 aliphatic heterocycles. The van der Waals surface area contributed by atoms with Crippen molar-refractivity contribution in [2.45, 2.75) is 9.79 Å². The van der Waals surface area contributed by atoms with Gasteiger partial charge in [0, 0.05) is 0 Å². The summed E-state index contributed by atoms with van der Waals surface area (Å²) in [5, 5.41) is 34.9. The number of phenols is 2. The van der Waals surface area contributed by atoms with Crippen LogP contribution in [0, 0.1) is 0 Å². The van der Waals surface area contributed by atoms with Crippen molar-refractivity contribution in [2.24, 2.45) is 0 Å². The molecule has 0 atom stereocenters. The molecule has 6 nitrogen and oxygen atoms in total. The Hall–Kier alpha value is -1.96. The van der Waals surface area contributed by atoms with Gasteiger partial charge in [-0.15, -0.1) is 9.79 Å². The van der Waals surface area contributed by atoms with Crippen LogP contribution in [0.3, 0.4) is 0 Å². The third-order valence-corrected chi connectivity index (χ3v) is 3.10. The molecule has 2 aromatic carbocycles. The predicted molar refractivity (Wildman–Crippen MR) is 81.4 cm³/mol. The van der Waals surface area contributed by atoms with Gasteiger partial charge in [0.05, 0.1) is 22.6 Å². The molecule has 0 amide bonds. The van der Waals surface area contributed by atoms with Crippen molar-refractivity contribution in [3.63, 3.8) is 0 Å². The number of rotatable bonds is 2. The molecule has 0 bridgehead atoms. The minimum atomic E-state index is -1.07. The van der Waals surface area contributed by atoms with Crippen LogP contribution >= 0.6 is 0 Å². The predicted octanol–water partition coefficient (Wildman–Crippen LogP) is 1.99. The molecule has 2 aromatic rings. The Balaban J connectivity index is 0.000000403. The Kier molecular flexibility index (Phi) is 8.46. The van der Waals surface area contributed by atoms with Gasteiger partial charge in [0.25, 0.3) is 0 Å². The first-order valence-electron chi connectivity index (χ1n) is 5.69. The van der Waals surface area contributed by atoms with Crippen LogP contribution in [0.2, 0.25) is 0 Å². The third kappa shape index (κ3) is 6.36. The summed E-state index contributed by atoms with van der Waals surface area (Å²) in [5.41, 5.74) is 0.0761. The molecule has 2 rings (SSSR count). The van der Waals surface area contributed by atoms with E-state index in [1.54, 1.807) is 0 Å². The Bertz CT molecular complexity index is 659. The SMILES string of the molecule is O=C(O)c1ccc([S-])c(O)c1.O=C(O)c1ccc([S-])c(O)c1.[Zn+2]. The molecular weight excluding hydrogens is 394 g/mol. The van der Waals surface area contributed by atoms with E-state index in [0.29, 0.717) is 0 Å². The average molecular weight is 404 g/mol. The van der Waals surface area contributed by atoms with E-state index in [1.807, 2.05) is 0 Å². The summed E-state index contributed by atoms with van der Waals surface area (Å²) < 4.78 is 0. The fraction of sp³-hybridized carbons (Fsp3) is 0. The van der Waals surface area contributed by atoms with Crippen molar-refractivity contribution in [1.29, 1.82) is 0 Å². The van der Waals surface area contributed by atoms with Crippen LogP contribution in [-0.4, -0.2) is 32.4 Å². The number of benzene rings is 2. The Labute approximate surface area is 155 Å². The maximum Gasteiger partial charge on any atom is 2.00 e. The van der Waals surface area contributed by atoms with Crippen LogP contribution in [0.15, 0.2) is 46.2 Å². The Morgan fingerprint density at radius 2 is 1.04 bits per heavy atom.